The summed E-state index contributed by atoms with van der Waals surface area (Å²) >= 11 is 2.05. The van der Waals surface area contributed by atoms with Crippen LogP contribution in [0.3, 0.4) is 0 Å². The summed E-state index contributed by atoms with van der Waals surface area (Å²) in [6.45, 7) is 23.3. The maximum absolute atomic E-state index is 13.0. The van der Waals surface area contributed by atoms with E-state index in [2.05, 4.69) is 108 Å². The molecule has 113 heavy (non-hydrogen) atoms. The Kier molecular flexibility index (Phi) is 78.0. The molecule has 2 aromatic rings. The van der Waals surface area contributed by atoms with Gasteiger partial charge in [0, 0.05) is 22.3 Å². The molecule has 0 aliphatic carbocycles. The summed E-state index contributed by atoms with van der Waals surface area (Å²) in [5.41, 5.74) is 30.1. The van der Waals surface area contributed by atoms with Crippen LogP contribution in [0.2, 0.25) is 10.8 Å². The minimum atomic E-state index is 1.03. The molecule has 2 nitrogen and oxygen atoms in total. The van der Waals surface area contributed by atoms with E-state index >= 15 is 0 Å². The van der Waals surface area contributed by atoms with Gasteiger partial charge in [-0.05, 0) is 160 Å². The third-order valence-electron chi connectivity index (χ3n) is 25.8. The van der Waals surface area contributed by atoms with Gasteiger partial charge in [-0.15, -0.1) is 0 Å². The molecule has 0 aromatic heterocycles. The molecule has 0 fully saturated rings. The van der Waals surface area contributed by atoms with Gasteiger partial charge in [-0.2, -0.15) is 0 Å². The van der Waals surface area contributed by atoms with E-state index in [0.717, 1.165) is 62.8 Å². The van der Waals surface area contributed by atoms with Crippen molar-refractivity contribution >= 4 is 11.4 Å². The maximum atomic E-state index is 13.0. The fraction of sp³-hybridized carbons (Fsp3) is 0.855. The molecular weight excluding hydrogens is 1410 g/mol. The molecule has 0 amide bonds. The van der Waals surface area contributed by atoms with Crippen LogP contribution >= 0.6 is 0 Å². The molecule has 0 bridgehead atoms. The topological polar surface area (TPSA) is 25.3 Å². The molecule has 1 heterocycles. The van der Waals surface area contributed by atoms with Crippen LogP contribution in [-0.2, 0) is 53.0 Å². The first kappa shape index (κ1) is 107. The summed E-state index contributed by atoms with van der Waals surface area (Å²) < 4.78 is 1.74. The normalized spacial score (nSPS) is 12.5. The number of allylic oxidation sites excluding steroid dienone is 2. The second-order valence-electron chi connectivity index (χ2n) is 36.6. The first-order valence-corrected chi connectivity index (χ1v) is 54.0. The van der Waals surface area contributed by atoms with Crippen molar-refractivity contribution in [2.45, 2.75) is 607 Å². The van der Waals surface area contributed by atoms with Crippen LogP contribution in [0.15, 0.2) is 35.4 Å². The molecule has 0 saturated carbocycles. The minimum Gasteiger partial charge on any atom is -0.0654 e. The standard InChI is InChI=1S/C56H92N2.2C27H55.Ni/c1-9-17-25-29-35-47-43-50(44-48(36-30-26-18-10-2)52(47)39-31-27-19-11-3)56-54(40-32-28-20-12-4)53(38-24-16-8)55(58(56)57)49-41-45(33-21-13-5)51(37-23-15-7)46(42-49)34-22-14-6;2*1-3-5-7-9-11-13-15-17-19-21-23-25-27-26-24-22-20-18-16-14-12-10-8-6-4-2;/h41-44H,9-40H2,1-8H3;2*1,3-27H2,2H3;. The van der Waals surface area contributed by atoms with Crippen LogP contribution < -0.4 is 0 Å². The Labute approximate surface area is 717 Å². The van der Waals surface area contributed by atoms with Crippen LogP contribution in [0, 0.1) is 0 Å². The third-order valence-corrected chi connectivity index (χ3v) is 27.1. The van der Waals surface area contributed by atoms with Crippen molar-refractivity contribution in [2.75, 3.05) is 0 Å². The molecule has 2 aromatic carbocycles. The molecule has 662 valence electrons. The van der Waals surface area contributed by atoms with E-state index in [1.807, 2.05) is 0 Å². The van der Waals surface area contributed by atoms with Gasteiger partial charge in [-0.1, -0.05) is 352 Å². The summed E-state index contributed by atoms with van der Waals surface area (Å²) in [6.07, 6.45) is 113. The van der Waals surface area contributed by atoms with Gasteiger partial charge in [-0.3, -0.25) is 0 Å². The average Bonchev–Trinajstić information content (AvgIpc) is 1.60. The van der Waals surface area contributed by atoms with Crippen molar-refractivity contribution in [1.29, 1.82) is 0 Å². The molecule has 1 aliphatic heterocycles. The number of aryl methyl sites for hydroxylation is 4. The molecule has 0 saturated heterocycles. The number of hydrogen-bond acceptors (Lipinski definition) is 0. The molecule has 1 aliphatic rings. The summed E-state index contributed by atoms with van der Waals surface area (Å²) in [4.78, 5) is 0. The molecule has 0 radical (unpaired) electrons. The van der Waals surface area contributed by atoms with E-state index in [1.54, 1.807) is 38.1 Å². The Morgan fingerprint density at radius 2 is 0.345 bits per heavy atom. The summed E-state index contributed by atoms with van der Waals surface area (Å²) in [6, 6.07) is 10.2. The fourth-order valence-corrected chi connectivity index (χ4v) is 19.5. The predicted molar refractivity (Wildman–Crippen MR) is 510 cm³/mol. The van der Waals surface area contributed by atoms with Crippen LogP contribution in [0.1, 0.15) is 602 Å². The Hall–Kier alpha value is -1.99. The molecule has 3 heteroatoms. The second-order valence-corrected chi connectivity index (χ2v) is 38.1. The zero-order valence-corrected chi connectivity index (χ0v) is 79.9. The molecule has 0 N–H and O–H groups in total. The first-order valence-electron chi connectivity index (χ1n) is 52.6. The van der Waals surface area contributed by atoms with Crippen LogP contribution in [0.5, 0.6) is 0 Å². The van der Waals surface area contributed by atoms with Gasteiger partial charge in [0.2, 0.25) is 11.4 Å². The van der Waals surface area contributed by atoms with Gasteiger partial charge < -0.3 is 5.53 Å². The van der Waals surface area contributed by atoms with Gasteiger partial charge in [0.1, 0.15) is 0 Å². The third kappa shape index (κ3) is 57.0. The van der Waals surface area contributed by atoms with Crippen LogP contribution in [0.4, 0.5) is 0 Å². The smallest absolute Gasteiger partial charge is 0.0654 e. The van der Waals surface area contributed by atoms with Crippen molar-refractivity contribution in [2.24, 2.45) is 0 Å². The van der Waals surface area contributed by atoms with Crippen molar-refractivity contribution in [3.05, 3.63) is 85.5 Å². The quantitative estimate of drug-likeness (QED) is 0.0358. The summed E-state index contributed by atoms with van der Waals surface area (Å²) in [5.74, 6) is 0. The number of unbranched alkanes of at least 4 members (excludes halogenated alkanes) is 64. The fourth-order valence-electron chi connectivity index (χ4n) is 18.2. The minimum absolute atomic E-state index is 1.03. The van der Waals surface area contributed by atoms with Crippen molar-refractivity contribution in [3.8, 4) is 0 Å². The van der Waals surface area contributed by atoms with Crippen molar-refractivity contribution in [1.82, 2.24) is 0 Å². The SMILES string of the molecule is CCCCCCC1=C(c2cc(CCCCCC)c(CCCCCC)c(CCCCCC)c2)[N+](=[N-])C(c2cc(CCCC)c(CCCC)c(CCCC)c2)=C1CCCC.CCCCCCCCCCCCCCCCCCCCCCCCCC[CH2][Ni][CH2]CCCCCCCCCCCCCCCCCCCCCCCCCC. The molecular formula is C110H202N2Ni. The predicted octanol–water partition coefficient (Wildman–Crippen LogP) is 39.9. The van der Waals surface area contributed by atoms with Crippen molar-refractivity contribution < 1.29 is 19.1 Å². The Bertz CT molecular complexity index is 2340. The van der Waals surface area contributed by atoms with Gasteiger partial charge in [0.05, 0.1) is 0 Å². The molecule has 3 rings (SSSR count). The molecule has 0 atom stereocenters. The van der Waals surface area contributed by atoms with E-state index in [4.69, 9.17) is 0 Å². The second kappa shape index (κ2) is 82.3. The number of hydrogen-bond donors (Lipinski definition) is 0. The van der Waals surface area contributed by atoms with Gasteiger partial charge in [-0.25, -0.2) is 4.70 Å². The summed E-state index contributed by atoms with van der Waals surface area (Å²) in [5, 5.41) is 2.87. The summed E-state index contributed by atoms with van der Waals surface area (Å²) in [7, 11) is 0. The first-order chi connectivity index (χ1) is 55.8. The Morgan fingerprint density at radius 3 is 0.584 bits per heavy atom. The van der Waals surface area contributed by atoms with Gasteiger partial charge >= 0.3 is 166 Å². The van der Waals surface area contributed by atoms with E-state index in [0.29, 0.717) is 0 Å². The van der Waals surface area contributed by atoms with Gasteiger partial charge in [0.15, 0.2) is 0 Å². The van der Waals surface area contributed by atoms with E-state index in [1.165, 1.54) is 508 Å². The van der Waals surface area contributed by atoms with Crippen LogP contribution in [0.25, 0.3) is 16.9 Å². The van der Waals surface area contributed by atoms with E-state index in [9.17, 15) is 5.53 Å². The number of rotatable bonds is 86. The number of nitrogens with zero attached hydrogens (tertiary/aromatic N) is 2. The average molecular weight is 1610 g/mol. The van der Waals surface area contributed by atoms with Gasteiger partial charge in [0.25, 0.3) is 0 Å². The van der Waals surface area contributed by atoms with Crippen LogP contribution in [-0.4, -0.2) is 4.70 Å². The monoisotopic (exact) mass is 1610 g/mol. The zero-order valence-electron chi connectivity index (χ0n) is 78.9. The van der Waals surface area contributed by atoms with Crippen molar-refractivity contribution in [3.63, 3.8) is 0 Å². The van der Waals surface area contributed by atoms with E-state index in [-0.39, 0.29) is 0 Å². The molecule has 0 spiro atoms. The molecule has 0 unspecified atom stereocenters. The Balaban J connectivity index is 0.000000768. The zero-order chi connectivity index (χ0) is 81.4. The number of benzene rings is 2. The Morgan fingerprint density at radius 1 is 0.186 bits per heavy atom. The van der Waals surface area contributed by atoms with E-state index < -0.39 is 0 Å².